The van der Waals surface area contributed by atoms with Crippen molar-refractivity contribution in [2.45, 2.75) is 13.3 Å². The molecule has 2 heteroatoms. The SMILES string of the molecule is C=C=N/N=C/CC. The molecule has 0 spiro atoms. The van der Waals surface area contributed by atoms with Crippen LogP contribution in [0.4, 0.5) is 0 Å². The van der Waals surface area contributed by atoms with E-state index in [1.165, 1.54) is 0 Å². The highest BCUT2D eigenvalue weighted by Crippen LogP contribution is 1.67. The average Bonchev–Trinajstić information content (AvgIpc) is 1.69. The third kappa shape index (κ3) is 5.12. The van der Waals surface area contributed by atoms with Crippen LogP contribution in [0.2, 0.25) is 0 Å². The number of nitrogens with zero attached hydrogens (tertiary/aromatic N) is 2. The molecule has 0 rings (SSSR count). The van der Waals surface area contributed by atoms with E-state index in [9.17, 15) is 0 Å². The molecule has 0 atom stereocenters. The minimum absolute atomic E-state index is 0.908. The Balaban J connectivity index is 3.27. The summed E-state index contributed by atoms with van der Waals surface area (Å²) in [6.45, 7) is 5.22. The minimum Gasteiger partial charge on any atom is -0.155 e. The van der Waals surface area contributed by atoms with Crippen molar-refractivity contribution in [2.24, 2.45) is 10.2 Å². The van der Waals surface area contributed by atoms with Crippen LogP contribution in [0, 0.1) is 0 Å². The highest BCUT2D eigenvalue weighted by Gasteiger charge is 1.58. The maximum Gasteiger partial charge on any atom is 0.0275 e. The van der Waals surface area contributed by atoms with Gasteiger partial charge >= 0.3 is 0 Å². The molecule has 0 heterocycles. The van der Waals surface area contributed by atoms with Gasteiger partial charge in [0.2, 0.25) is 0 Å². The summed E-state index contributed by atoms with van der Waals surface area (Å²) in [6, 6.07) is 0. The van der Waals surface area contributed by atoms with Gasteiger partial charge in [-0.15, -0.1) is 5.10 Å². The maximum atomic E-state index is 3.53. The number of hydrogen-bond acceptors (Lipinski definition) is 2. The summed E-state index contributed by atoms with van der Waals surface area (Å²) in [4.78, 5) is 0. The van der Waals surface area contributed by atoms with Crippen molar-refractivity contribution in [2.75, 3.05) is 0 Å². The molecule has 0 bridgehead atoms. The Morgan fingerprint density at radius 3 is 3.00 bits per heavy atom. The minimum atomic E-state index is 0.908. The van der Waals surface area contributed by atoms with Crippen LogP contribution in [0.15, 0.2) is 16.8 Å². The Kier molecular flexibility index (Phi) is 4.48. The summed E-state index contributed by atoms with van der Waals surface area (Å²) in [5.74, 6) is 2.28. The zero-order valence-electron chi connectivity index (χ0n) is 4.39. The topological polar surface area (TPSA) is 24.7 Å². The van der Waals surface area contributed by atoms with Gasteiger partial charge in [-0.05, 0) is 13.0 Å². The molecule has 38 valence electrons. The molecular formula is C5H8N2. The van der Waals surface area contributed by atoms with Crippen LogP contribution >= 0.6 is 0 Å². The largest absolute Gasteiger partial charge is 0.155 e. The lowest BCUT2D eigenvalue weighted by atomic mass is 10.6. The van der Waals surface area contributed by atoms with Crippen LogP contribution in [-0.2, 0) is 0 Å². The van der Waals surface area contributed by atoms with Gasteiger partial charge in [0.05, 0.1) is 0 Å². The third-order valence-electron chi connectivity index (χ3n) is 0.393. The molecule has 0 amide bonds. The van der Waals surface area contributed by atoms with E-state index in [4.69, 9.17) is 0 Å². The first-order valence-electron chi connectivity index (χ1n) is 2.15. The Morgan fingerprint density at radius 1 is 1.86 bits per heavy atom. The van der Waals surface area contributed by atoms with Crippen LogP contribution < -0.4 is 0 Å². The van der Waals surface area contributed by atoms with Crippen molar-refractivity contribution in [3.05, 3.63) is 6.58 Å². The standard InChI is InChI=1S/C5H8N2/c1-3-5-7-6-4-2/h5H,2-3H2,1H3/b7-5+. The van der Waals surface area contributed by atoms with E-state index >= 15 is 0 Å². The van der Waals surface area contributed by atoms with Crippen molar-refractivity contribution >= 4 is 12.1 Å². The lowest BCUT2D eigenvalue weighted by Gasteiger charge is -1.67. The van der Waals surface area contributed by atoms with E-state index in [0.29, 0.717) is 0 Å². The Labute approximate surface area is 43.3 Å². The van der Waals surface area contributed by atoms with Crippen LogP contribution in [-0.4, -0.2) is 12.1 Å². The molecular weight excluding hydrogens is 88.1 g/mol. The second-order valence-electron chi connectivity index (χ2n) is 0.964. The van der Waals surface area contributed by atoms with Gasteiger partial charge in [-0.1, -0.05) is 6.92 Å². The predicted octanol–water partition coefficient (Wildman–Crippen LogP) is 1.24. The fourth-order valence-electron chi connectivity index (χ4n) is 0.163. The molecule has 0 aromatic carbocycles. The van der Waals surface area contributed by atoms with Gasteiger partial charge in [0.25, 0.3) is 0 Å². The van der Waals surface area contributed by atoms with E-state index in [1.807, 2.05) is 6.92 Å². The molecule has 0 saturated heterocycles. The lowest BCUT2D eigenvalue weighted by molar-refractivity contribution is 1.22. The zero-order chi connectivity index (χ0) is 5.54. The van der Waals surface area contributed by atoms with Gasteiger partial charge in [0, 0.05) is 12.1 Å². The summed E-state index contributed by atoms with van der Waals surface area (Å²) < 4.78 is 0. The molecule has 0 radical (unpaired) electrons. The molecule has 0 N–H and O–H groups in total. The van der Waals surface area contributed by atoms with Crippen molar-refractivity contribution in [1.29, 1.82) is 0 Å². The van der Waals surface area contributed by atoms with E-state index in [-0.39, 0.29) is 0 Å². The van der Waals surface area contributed by atoms with E-state index in [1.54, 1.807) is 6.21 Å². The average molecular weight is 96.1 g/mol. The quantitative estimate of drug-likeness (QED) is 0.365. The molecule has 7 heavy (non-hydrogen) atoms. The van der Waals surface area contributed by atoms with Crippen molar-refractivity contribution in [3.63, 3.8) is 0 Å². The maximum absolute atomic E-state index is 3.53. The summed E-state index contributed by atoms with van der Waals surface area (Å²) in [5.41, 5.74) is 0. The second kappa shape index (κ2) is 5.12. The first-order chi connectivity index (χ1) is 3.41. The monoisotopic (exact) mass is 96.1 g/mol. The van der Waals surface area contributed by atoms with Gasteiger partial charge in [0.1, 0.15) is 0 Å². The second-order valence-corrected chi connectivity index (χ2v) is 0.964. The van der Waals surface area contributed by atoms with Gasteiger partial charge in [-0.3, -0.25) is 0 Å². The number of rotatable bonds is 2. The first kappa shape index (κ1) is 6.12. The van der Waals surface area contributed by atoms with Gasteiger partial charge in [-0.2, -0.15) is 5.10 Å². The number of hydrogen-bond donors (Lipinski definition) is 0. The third-order valence-corrected chi connectivity index (χ3v) is 0.393. The lowest BCUT2D eigenvalue weighted by Crippen LogP contribution is -1.61. The molecule has 0 aliphatic rings. The van der Waals surface area contributed by atoms with Crippen LogP contribution in [0.5, 0.6) is 0 Å². The van der Waals surface area contributed by atoms with Crippen LogP contribution in [0.3, 0.4) is 0 Å². The molecule has 0 aromatic heterocycles. The molecule has 0 aromatic rings. The van der Waals surface area contributed by atoms with Crippen molar-refractivity contribution in [3.8, 4) is 0 Å². The van der Waals surface area contributed by atoms with Gasteiger partial charge in [-0.25, -0.2) is 0 Å². The van der Waals surface area contributed by atoms with Crippen LogP contribution in [0.25, 0.3) is 0 Å². The molecule has 0 aliphatic heterocycles. The van der Waals surface area contributed by atoms with E-state index in [0.717, 1.165) is 6.42 Å². The summed E-state index contributed by atoms with van der Waals surface area (Å²) >= 11 is 0. The van der Waals surface area contributed by atoms with Gasteiger partial charge in [0.15, 0.2) is 0 Å². The smallest absolute Gasteiger partial charge is 0.0275 e. The van der Waals surface area contributed by atoms with Gasteiger partial charge < -0.3 is 0 Å². The van der Waals surface area contributed by atoms with Crippen LogP contribution in [0.1, 0.15) is 13.3 Å². The van der Waals surface area contributed by atoms with E-state index < -0.39 is 0 Å². The molecule has 0 aliphatic carbocycles. The highest BCUT2D eigenvalue weighted by atomic mass is 15.2. The first-order valence-corrected chi connectivity index (χ1v) is 2.15. The Hall–Kier alpha value is -0.880. The fourth-order valence-corrected chi connectivity index (χ4v) is 0.163. The Morgan fingerprint density at radius 2 is 2.57 bits per heavy atom. The van der Waals surface area contributed by atoms with Crippen molar-refractivity contribution in [1.82, 2.24) is 0 Å². The fraction of sp³-hybridized carbons (Fsp3) is 0.400. The molecule has 0 fully saturated rings. The zero-order valence-corrected chi connectivity index (χ0v) is 4.39. The summed E-state index contributed by atoms with van der Waals surface area (Å²) in [7, 11) is 0. The highest BCUT2D eigenvalue weighted by molar-refractivity contribution is 5.57. The summed E-state index contributed by atoms with van der Waals surface area (Å²) in [6.07, 6.45) is 2.60. The predicted molar refractivity (Wildman–Crippen MR) is 31.8 cm³/mol. The molecule has 0 unspecified atom stereocenters. The Bertz CT molecular complexity index is 98.6. The molecule has 2 nitrogen and oxygen atoms in total. The normalized spacial score (nSPS) is 8.71. The summed E-state index contributed by atoms with van der Waals surface area (Å²) in [5, 5.41) is 6.90. The van der Waals surface area contributed by atoms with Crippen molar-refractivity contribution < 1.29 is 0 Å². The molecule has 0 saturated carbocycles. The van der Waals surface area contributed by atoms with E-state index in [2.05, 4.69) is 22.7 Å².